The van der Waals surface area contributed by atoms with Crippen molar-refractivity contribution < 1.29 is 19.7 Å². The SMILES string of the molecule is COc1ccc(OC)c(CNC(CO)CO)c1. The van der Waals surface area contributed by atoms with Crippen molar-refractivity contribution in [2.24, 2.45) is 0 Å². The van der Waals surface area contributed by atoms with E-state index in [4.69, 9.17) is 19.7 Å². The standard InChI is InChI=1S/C12H19NO4/c1-16-11-3-4-12(17-2)9(5-11)6-13-10(7-14)8-15/h3-5,10,13-15H,6-8H2,1-2H3. The van der Waals surface area contributed by atoms with Gasteiger partial charge in [-0.15, -0.1) is 0 Å². The fourth-order valence-corrected chi connectivity index (χ4v) is 1.46. The average Bonchev–Trinajstić information content (AvgIpc) is 2.39. The Labute approximate surface area is 101 Å². The summed E-state index contributed by atoms with van der Waals surface area (Å²) >= 11 is 0. The fourth-order valence-electron chi connectivity index (χ4n) is 1.46. The zero-order valence-electron chi connectivity index (χ0n) is 10.1. The van der Waals surface area contributed by atoms with Crippen molar-refractivity contribution >= 4 is 0 Å². The molecule has 5 heteroatoms. The molecule has 0 radical (unpaired) electrons. The van der Waals surface area contributed by atoms with E-state index in [0.717, 1.165) is 17.1 Å². The van der Waals surface area contributed by atoms with Crippen LogP contribution in [0.15, 0.2) is 18.2 Å². The zero-order chi connectivity index (χ0) is 12.7. The molecule has 96 valence electrons. The van der Waals surface area contributed by atoms with Crippen LogP contribution in [0.25, 0.3) is 0 Å². The van der Waals surface area contributed by atoms with E-state index in [-0.39, 0.29) is 19.3 Å². The van der Waals surface area contributed by atoms with E-state index >= 15 is 0 Å². The lowest BCUT2D eigenvalue weighted by atomic mass is 10.1. The lowest BCUT2D eigenvalue weighted by Crippen LogP contribution is -2.35. The van der Waals surface area contributed by atoms with Crippen molar-refractivity contribution in [2.75, 3.05) is 27.4 Å². The maximum absolute atomic E-state index is 8.95. The molecule has 0 spiro atoms. The summed E-state index contributed by atoms with van der Waals surface area (Å²) in [5.74, 6) is 1.49. The van der Waals surface area contributed by atoms with Crippen molar-refractivity contribution in [3.63, 3.8) is 0 Å². The quantitative estimate of drug-likeness (QED) is 0.633. The molecule has 3 N–H and O–H groups in total. The van der Waals surface area contributed by atoms with Gasteiger partial charge in [-0.05, 0) is 18.2 Å². The smallest absolute Gasteiger partial charge is 0.123 e. The van der Waals surface area contributed by atoms with Crippen LogP contribution in [0.2, 0.25) is 0 Å². The van der Waals surface area contributed by atoms with Gasteiger partial charge >= 0.3 is 0 Å². The van der Waals surface area contributed by atoms with E-state index in [1.807, 2.05) is 18.2 Å². The minimum Gasteiger partial charge on any atom is -0.497 e. The first-order chi connectivity index (χ1) is 8.24. The summed E-state index contributed by atoms with van der Waals surface area (Å²) in [6, 6.07) is 5.17. The number of rotatable bonds is 7. The molecule has 0 amide bonds. The van der Waals surface area contributed by atoms with Crippen LogP contribution in [0.1, 0.15) is 5.56 Å². The van der Waals surface area contributed by atoms with Gasteiger partial charge in [-0.25, -0.2) is 0 Å². The molecule has 0 unspecified atom stereocenters. The van der Waals surface area contributed by atoms with Crippen molar-refractivity contribution in [2.45, 2.75) is 12.6 Å². The molecule has 1 aromatic rings. The van der Waals surface area contributed by atoms with Gasteiger partial charge in [-0.2, -0.15) is 0 Å². The minimum absolute atomic E-state index is 0.108. The van der Waals surface area contributed by atoms with Crippen LogP contribution >= 0.6 is 0 Å². The van der Waals surface area contributed by atoms with E-state index in [2.05, 4.69) is 5.32 Å². The van der Waals surface area contributed by atoms with E-state index in [9.17, 15) is 0 Å². The number of methoxy groups -OCH3 is 2. The fraction of sp³-hybridized carbons (Fsp3) is 0.500. The predicted octanol–water partition coefficient (Wildman–Crippen LogP) is 0.147. The third kappa shape index (κ3) is 3.89. The topological polar surface area (TPSA) is 71.0 Å². The second-order valence-electron chi connectivity index (χ2n) is 3.62. The monoisotopic (exact) mass is 241 g/mol. The minimum atomic E-state index is -0.328. The predicted molar refractivity (Wildman–Crippen MR) is 64.3 cm³/mol. The lowest BCUT2D eigenvalue weighted by molar-refractivity contribution is 0.170. The highest BCUT2D eigenvalue weighted by Gasteiger charge is 2.08. The van der Waals surface area contributed by atoms with Gasteiger partial charge in [0.2, 0.25) is 0 Å². The molecule has 1 aromatic carbocycles. The number of ether oxygens (including phenoxy) is 2. The maximum Gasteiger partial charge on any atom is 0.123 e. The molecular formula is C12H19NO4. The summed E-state index contributed by atoms with van der Waals surface area (Å²) < 4.78 is 10.4. The second kappa shape index (κ2) is 7.11. The molecule has 0 saturated carbocycles. The summed E-state index contributed by atoms with van der Waals surface area (Å²) in [4.78, 5) is 0. The average molecular weight is 241 g/mol. The van der Waals surface area contributed by atoms with E-state index in [0.29, 0.717) is 6.54 Å². The van der Waals surface area contributed by atoms with Crippen LogP contribution in [0, 0.1) is 0 Å². The van der Waals surface area contributed by atoms with Gasteiger partial charge in [0, 0.05) is 12.1 Å². The largest absolute Gasteiger partial charge is 0.497 e. The highest BCUT2D eigenvalue weighted by molar-refractivity contribution is 5.40. The van der Waals surface area contributed by atoms with Crippen molar-refractivity contribution in [1.29, 1.82) is 0 Å². The second-order valence-corrected chi connectivity index (χ2v) is 3.62. The van der Waals surface area contributed by atoms with Crippen LogP contribution < -0.4 is 14.8 Å². The van der Waals surface area contributed by atoms with E-state index in [1.54, 1.807) is 14.2 Å². The molecular weight excluding hydrogens is 222 g/mol. The molecule has 0 aromatic heterocycles. The van der Waals surface area contributed by atoms with Gasteiger partial charge in [0.25, 0.3) is 0 Å². The molecule has 0 saturated heterocycles. The molecule has 0 aliphatic carbocycles. The van der Waals surface area contributed by atoms with Crippen molar-refractivity contribution in [3.8, 4) is 11.5 Å². The Hall–Kier alpha value is -1.30. The van der Waals surface area contributed by atoms with Gasteiger partial charge in [0.15, 0.2) is 0 Å². The number of aliphatic hydroxyl groups excluding tert-OH is 2. The van der Waals surface area contributed by atoms with Crippen molar-refractivity contribution in [1.82, 2.24) is 5.32 Å². The van der Waals surface area contributed by atoms with Crippen molar-refractivity contribution in [3.05, 3.63) is 23.8 Å². The molecule has 0 bridgehead atoms. The van der Waals surface area contributed by atoms with E-state index in [1.165, 1.54) is 0 Å². The summed E-state index contributed by atoms with van der Waals surface area (Å²) in [5.41, 5.74) is 0.916. The molecule has 17 heavy (non-hydrogen) atoms. The number of nitrogens with one attached hydrogen (secondary N) is 1. The highest BCUT2D eigenvalue weighted by Crippen LogP contribution is 2.23. The van der Waals surface area contributed by atoms with Gasteiger partial charge in [-0.3, -0.25) is 0 Å². The molecule has 0 atom stereocenters. The van der Waals surface area contributed by atoms with Gasteiger partial charge in [0.05, 0.1) is 33.5 Å². The van der Waals surface area contributed by atoms with Crippen LogP contribution in [-0.2, 0) is 6.54 Å². The molecule has 5 nitrogen and oxygen atoms in total. The first kappa shape index (κ1) is 13.8. The lowest BCUT2D eigenvalue weighted by Gasteiger charge is -2.15. The summed E-state index contributed by atoms with van der Waals surface area (Å²) in [6.07, 6.45) is 0. The Balaban J connectivity index is 2.73. The van der Waals surface area contributed by atoms with Crippen LogP contribution in [-0.4, -0.2) is 43.7 Å². The number of benzene rings is 1. The highest BCUT2D eigenvalue weighted by atomic mass is 16.5. The molecule has 0 heterocycles. The molecule has 0 aliphatic rings. The molecule has 1 rings (SSSR count). The van der Waals surface area contributed by atoms with E-state index < -0.39 is 0 Å². The van der Waals surface area contributed by atoms with Gasteiger partial charge < -0.3 is 25.0 Å². The zero-order valence-corrected chi connectivity index (χ0v) is 10.1. The Morgan fingerprint density at radius 3 is 2.41 bits per heavy atom. The number of hydrogen-bond acceptors (Lipinski definition) is 5. The molecule has 0 aliphatic heterocycles. The Kier molecular flexibility index (Phi) is 5.76. The Morgan fingerprint density at radius 1 is 1.18 bits per heavy atom. The van der Waals surface area contributed by atoms with Gasteiger partial charge in [0.1, 0.15) is 11.5 Å². The third-order valence-corrected chi connectivity index (χ3v) is 2.51. The first-order valence-electron chi connectivity index (χ1n) is 5.41. The number of hydrogen-bond donors (Lipinski definition) is 3. The molecule has 0 fully saturated rings. The Bertz CT molecular complexity index is 339. The van der Waals surface area contributed by atoms with Crippen LogP contribution in [0.4, 0.5) is 0 Å². The van der Waals surface area contributed by atoms with Crippen LogP contribution in [0.5, 0.6) is 11.5 Å². The summed E-state index contributed by atoms with van der Waals surface area (Å²) in [6.45, 7) is 0.276. The maximum atomic E-state index is 8.95. The number of aliphatic hydroxyl groups is 2. The van der Waals surface area contributed by atoms with Crippen LogP contribution in [0.3, 0.4) is 0 Å². The normalized spacial score (nSPS) is 10.6. The summed E-state index contributed by atoms with van der Waals surface area (Å²) in [5, 5.41) is 20.9. The Morgan fingerprint density at radius 2 is 1.88 bits per heavy atom. The summed E-state index contributed by atoms with van der Waals surface area (Å²) in [7, 11) is 3.20. The van der Waals surface area contributed by atoms with Gasteiger partial charge in [-0.1, -0.05) is 0 Å². The first-order valence-corrected chi connectivity index (χ1v) is 5.41. The third-order valence-electron chi connectivity index (χ3n) is 2.51.